The van der Waals surface area contributed by atoms with Crippen LogP contribution in [-0.4, -0.2) is 44.8 Å². The molecule has 0 bridgehead atoms. The number of carbonyl (C=O) groups excluding carboxylic acids is 2. The predicted molar refractivity (Wildman–Crippen MR) is 127 cm³/mol. The number of ether oxygens (including phenoxy) is 1. The molecule has 0 radical (unpaired) electrons. The van der Waals surface area contributed by atoms with Gasteiger partial charge in [-0.15, -0.1) is 0 Å². The molecule has 0 spiro atoms. The molecule has 3 rings (SSSR count). The van der Waals surface area contributed by atoms with Crippen LogP contribution in [0.4, 0.5) is 4.79 Å². The Balaban J connectivity index is 1.56. The molecule has 34 heavy (non-hydrogen) atoms. The van der Waals surface area contributed by atoms with Crippen LogP contribution in [0.15, 0.2) is 47.4 Å². The standard InChI is InChI=1S/C23H28ClN3O6S/c1-33-20-12-9-16(24)14-19(20)22(29)26-21(28)13-15-7-10-18(11-8-15)34(31,32)27-23(30)25-17-5-3-2-4-6-17/h7-12,14,17,21,28H,2-6,13H2,1H3,(H,26,29)(H2,25,27,30). The highest BCUT2D eigenvalue weighted by atomic mass is 35.5. The van der Waals surface area contributed by atoms with Gasteiger partial charge >= 0.3 is 6.03 Å². The van der Waals surface area contributed by atoms with Gasteiger partial charge < -0.3 is 20.5 Å². The van der Waals surface area contributed by atoms with Crippen LogP contribution in [0.25, 0.3) is 0 Å². The zero-order valence-electron chi connectivity index (χ0n) is 18.7. The topological polar surface area (TPSA) is 134 Å². The monoisotopic (exact) mass is 509 g/mol. The quantitative estimate of drug-likeness (QED) is 0.404. The van der Waals surface area contributed by atoms with Gasteiger partial charge in [-0.1, -0.05) is 43.0 Å². The fraction of sp³-hybridized carbons (Fsp3) is 0.391. The van der Waals surface area contributed by atoms with Gasteiger partial charge in [0.1, 0.15) is 12.0 Å². The molecule has 1 aliphatic rings. The molecule has 2 aromatic rings. The van der Waals surface area contributed by atoms with Crippen molar-refractivity contribution in [2.24, 2.45) is 0 Å². The van der Waals surface area contributed by atoms with Crippen molar-refractivity contribution in [2.75, 3.05) is 7.11 Å². The summed E-state index contributed by atoms with van der Waals surface area (Å²) in [7, 11) is -2.63. The molecule has 2 aromatic carbocycles. The van der Waals surface area contributed by atoms with E-state index in [4.69, 9.17) is 16.3 Å². The Morgan fingerprint density at radius 3 is 2.44 bits per heavy atom. The molecule has 3 amide bonds. The van der Waals surface area contributed by atoms with Crippen LogP contribution in [0.5, 0.6) is 5.75 Å². The molecule has 4 N–H and O–H groups in total. The molecule has 1 aliphatic carbocycles. The molecular formula is C23H28ClN3O6S. The molecule has 0 heterocycles. The third-order valence-corrected chi connectivity index (χ3v) is 7.12. The van der Waals surface area contributed by atoms with Crippen LogP contribution >= 0.6 is 11.6 Å². The first-order valence-corrected chi connectivity index (χ1v) is 12.8. The number of urea groups is 1. The van der Waals surface area contributed by atoms with E-state index in [1.54, 1.807) is 12.1 Å². The Bertz CT molecular complexity index is 1120. The second-order valence-corrected chi connectivity index (χ2v) is 10.2. The Labute approximate surface area is 203 Å². The van der Waals surface area contributed by atoms with Crippen LogP contribution < -0.4 is 20.1 Å². The van der Waals surface area contributed by atoms with Gasteiger partial charge in [0.15, 0.2) is 0 Å². The van der Waals surface area contributed by atoms with Gasteiger partial charge in [-0.05, 0) is 48.7 Å². The molecule has 11 heteroatoms. The van der Waals surface area contributed by atoms with Crippen molar-refractivity contribution in [2.45, 2.75) is 55.7 Å². The smallest absolute Gasteiger partial charge is 0.328 e. The molecule has 9 nitrogen and oxygen atoms in total. The maximum atomic E-state index is 12.5. The molecule has 1 saturated carbocycles. The van der Waals surface area contributed by atoms with E-state index in [0.717, 1.165) is 32.1 Å². The highest BCUT2D eigenvalue weighted by molar-refractivity contribution is 7.90. The largest absolute Gasteiger partial charge is 0.496 e. The van der Waals surface area contributed by atoms with Crippen molar-refractivity contribution in [3.63, 3.8) is 0 Å². The first-order chi connectivity index (χ1) is 16.2. The fourth-order valence-corrected chi connectivity index (χ4v) is 4.90. The fourth-order valence-electron chi connectivity index (χ4n) is 3.81. The lowest BCUT2D eigenvalue weighted by molar-refractivity contribution is 0.0782. The summed E-state index contributed by atoms with van der Waals surface area (Å²) in [6.45, 7) is 0. The maximum absolute atomic E-state index is 12.5. The number of sulfonamides is 1. The van der Waals surface area contributed by atoms with Crippen molar-refractivity contribution < 1.29 is 27.9 Å². The summed E-state index contributed by atoms with van der Waals surface area (Å²) in [5, 5.41) is 15.8. The predicted octanol–water partition coefficient (Wildman–Crippen LogP) is 2.96. The van der Waals surface area contributed by atoms with Crippen molar-refractivity contribution in [1.82, 2.24) is 15.4 Å². The average Bonchev–Trinajstić information content (AvgIpc) is 2.79. The number of carbonyl (C=O) groups is 2. The number of halogens is 1. The second-order valence-electron chi connectivity index (χ2n) is 8.10. The molecule has 0 aromatic heterocycles. The molecule has 1 atom stereocenters. The molecule has 0 saturated heterocycles. The molecule has 1 fully saturated rings. The van der Waals surface area contributed by atoms with Crippen LogP contribution in [0.2, 0.25) is 5.02 Å². The summed E-state index contributed by atoms with van der Waals surface area (Å²) in [6, 6.07) is 9.47. The van der Waals surface area contributed by atoms with E-state index in [0.29, 0.717) is 16.3 Å². The van der Waals surface area contributed by atoms with Crippen molar-refractivity contribution >= 4 is 33.6 Å². The van der Waals surface area contributed by atoms with E-state index in [1.807, 2.05) is 4.72 Å². The normalized spacial score (nSPS) is 15.3. The van der Waals surface area contributed by atoms with Crippen molar-refractivity contribution in [1.29, 1.82) is 0 Å². The van der Waals surface area contributed by atoms with E-state index in [1.165, 1.54) is 37.4 Å². The number of benzene rings is 2. The molecule has 0 aliphatic heterocycles. The van der Waals surface area contributed by atoms with Gasteiger partial charge in [-0.3, -0.25) is 4.79 Å². The molecular weight excluding hydrogens is 482 g/mol. The third kappa shape index (κ3) is 7.09. The summed E-state index contributed by atoms with van der Waals surface area (Å²) in [6.07, 6.45) is 3.62. The Kier molecular flexibility index (Phi) is 8.76. The average molecular weight is 510 g/mol. The minimum Gasteiger partial charge on any atom is -0.496 e. The first-order valence-electron chi connectivity index (χ1n) is 10.9. The SMILES string of the molecule is COc1ccc(Cl)cc1C(=O)NC(O)Cc1ccc(S(=O)(=O)NC(=O)NC2CCCCC2)cc1. The van der Waals surface area contributed by atoms with E-state index < -0.39 is 28.2 Å². The number of rotatable bonds is 8. The zero-order chi connectivity index (χ0) is 24.7. The summed E-state index contributed by atoms with van der Waals surface area (Å²) in [5.74, 6) is -0.261. The lowest BCUT2D eigenvalue weighted by atomic mass is 9.96. The minimum atomic E-state index is -4.04. The van der Waals surface area contributed by atoms with Crippen LogP contribution in [0.1, 0.15) is 48.0 Å². The van der Waals surface area contributed by atoms with E-state index in [2.05, 4.69) is 10.6 Å². The van der Waals surface area contributed by atoms with Gasteiger partial charge in [-0.2, -0.15) is 0 Å². The lowest BCUT2D eigenvalue weighted by Crippen LogP contribution is -2.45. The van der Waals surface area contributed by atoms with Crippen LogP contribution in [0, 0.1) is 0 Å². The Morgan fingerprint density at radius 2 is 1.79 bits per heavy atom. The Hall–Kier alpha value is -2.82. The van der Waals surface area contributed by atoms with Gasteiger partial charge in [0.2, 0.25) is 0 Å². The summed E-state index contributed by atoms with van der Waals surface area (Å²) in [5.41, 5.74) is 0.754. The maximum Gasteiger partial charge on any atom is 0.328 e. The first kappa shape index (κ1) is 25.8. The Morgan fingerprint density at radius 1 is 1.12 bits per heavy atom. The van der Waals surface area contributed by atoms with Gasteiger partial charge in [0, 0.05) is 17.5 Å². The number of methoxy groups -OCH3 is 1. The number of hydrogen-bond acceptors (Lipinski definition) is 6. The summed E-state index contributed by atoms with van der Waals surface area (Å²) >= 11 is 5.94. The van der Waals surface area contributed by atoms with Crippen molar-refractivity contribution in [3.8, 4) is 5.75 Å². The van der Waals surface area contributed by atoms with E-state index >= 15 is 0 Å². The van der Waals surface area contributed by atoms with Gasteiger partial charge in [-0.25, -0.2) is 17.9 Å². The highest BCUT2D eigenvalue weighted by Gasteiger charge is 2.22. The van der Waals surface area contributed by atoms with E-state index in [9.17, 15) is 23.1 Å². The van der Waals surface area contributed by atoms with Gasteiger partial charge in [0.05, 0.1) is 17.6 Å². The number of hydrogen-bond donors (Lipinski definition) is 4. The number of aliphatic hydroxyl groups is 1. The summed E-state index contributed by atoms with van der Waals surface area (Å²) < 4.78 is 32.2. The van der Waals surface area contributed by atoms with Gasteiger partial charge in [0.25, 0.3) is 15.9 Å². The minimum absolute atomic E-state index is 0.0186. The number of aliphatic hydroxyl groups excluding tert-OH is 1. The third-order valence-electron chi connectivity index (χ3n) is 5.53. The number of amides is 3. The van der Waals surface area contributed by atoms with Crippen LogP contribution in [-0.2, 0) is 16.4 Å². The van der Waals surface area contributed by atoms with Crippen LogP contribution in [0.3, 0.4) is 0 Å². The zero-order valence-corrected chi connectivity index (χ0v) is 20.3. The van der Waals surface area contributed by atoms with E-state index in [-0.39, 0.29) is 22.9 Å². The molecule has 1 unspecified atom stereocenters. The second kappa shape index (κ2) is 11.5. The molecule has 184 valence electrons. The highest BCUT2D eigenvalue weighted by Crippen LogP contribution is 2.23. The summed E-state index contributed by atoms with van der Waals surface area (Å²) in [4.78, 5) is 24.5. The lowest BCUT2D eigenvalue weighted by Gasteiger charge is -2.22. The van der Waals surface area contributed by atoms with Crippen molar-refractivity contribution in [3.05, 3.63) is 58.6 Å². The number of nitrogens with one attached hydrogen (secondary N) is 3.